The van der Waals surface area contributed by atoms with E-state index in [1.165, 1.54) is 11.8 Å². The molecule has 2 heterocycles. The molecule has 1 aromatic carbocycles. The maximum atomic E-state index is 9.26. The molecule has 0 spiro atoms. The summed E-state index contributed by atoms with van der Waals surface area (Å²) in [5.41, 5.74) is 1.41. The van der Waals surface area contributed by atoms with Gasteiger partial charge in [-0.1, -0.05) is 29.8 Å². The fourth-order valence-electron chi connectivity index (χ4n) is 1.78. The summed E-state index contributed by atoms with van der Waals surface area (Å²) < 4.78 is 0. The Hall–Kier alpha value is -2.09. The van der Waals surface area contributed by atoms with Crippen LogP contribution in [0.25, 0.3) is 10.9 Å². The maximum Gasteiger partial charge on any atom is 0.121 e. The second-order valence-corrected chi connectivity index (χ2v) is 5.51. The van der Waals surface area contributed by atoms with Gasteiger partial charge in [0.05, 0.1) is 16.1 Å². The zero-order chi connectivity index (χ0) is 13.9. The molecule has 0 fully saturated rings. The Morgan fingerprint density at radius 2 is 2.00 bits per heavy atom. The van der Waals surface area contributed by atoms with E-state index in [0.717, 1.165) is 15.9 Å². The van der Waals surface area contributed by atoms with Crippen molar-refractivity contribution in [2.45, 2.75) is 10.1 Å². The lowest BCUT2D eigenvalue weighted by molar-refractivity contribution is 1.10. The smallest absolute Gasteiger partial charge is 0.121 e. The first kappa shape index (κ1) is 12.9. The van der Waals surface area contributed by atoms with Gasteiger partial charge in [0.1, 0.15) is 16.1 Å². The molecule has 3 nitrogen and oxygen atoms in total. The van der Waals surface area contributed by atoms with Gasteiger partial charge >= 0.3 is 0 Å². The summed E-state index contributed by atoms with van der Waals surface area (Å²) in [7, 11) is 0. The Morgan fingerprint density at radius 3 is 2.75 bits per heavy atom. The van der Waals surface area contributed by atoms with Gasteiger partial charge in [0.25, 0.3) is 0 Å². The molecule has 0 saturated carbocycles. The Morgan fingerprint density at radius 1 is 1.15 bits per heavy atom. The Bertz CT molecular complexity index is 809. The average Bonchev–Trinajstić information content (AvgIpc) is 2.49. The van der Waals surface area contributed by atoms with Gasteiger partial charge in [-0.2, -0.15) is 5.26 Å². The molecule has 0 aliphatic carbocycles. The van der Waals surface area contributed by atoms with Crippen molar-refractivity contribution in [1.82, 2.24) is 9.97 Å². The molecule has 0 saturated heterocycles. The van der Waals surface area contributed by atoms with Crippen molar-refractivity contribution in [2.24, 2.45) is 0 Å². The first-order valence-electron chi connectivity index (χ1n) is 5.85. The van der Waals surface area contributed by atoms with Crippen molar-refractivity contribution < 1.29 is 0 Å². The van der Waals surface area contributed by atoms with E-state index in [1.807, 2.05) is 36.4 Å². The lowest BCUT2D eigenvalue weighted by atomic mass is 10.2. The molecular weight excluding hydrogens is 290 g/mol. The highest BCUT2D eigenvalue weighted by Gasteiger charge is 2.09. The number of pyridine rings is 2. The van der Waals surface area contributed by atoms with Crippen molar-refractivity contribution in [3.63, 3.8) is 0 Å². The molecule has 5 heteroatoms. The van der Waals surface area contributed by atoms with Crippen LogP contribution in [0, 0.1) is 11.3 Å². The number of para-hydroxylation sites is 1. The maximum absolute atomic E-state index is 9.26. The molecule has 3 aromatic rings. The summed E-state index contributed by atoms with van der Waals surface area (Å²) in [6, 6.07) is 15.3. The fourth-order valence-corrected chi connectivity index (χ4v) is 2.69. The molecule has 0 bridgehead atoms. The molecule has 20 heavy (non-hydrogen) atoms. The highest BCUT2D eigenvalue weighted by molar-refractivity contribution is 7.99. The quantitative estimate of drug-likeness (QED) is 0.707. The number of aromatic nitrogens is 2. The highest BCUT2D eigenvalue weighted by Crippen LogP contribution is 2.29. The molecule has 0 aliphatic rings. The van der Waals surface area contributed by atoms with Crippen LogP contribution >= 0.6 is 23.4 Å². The van der Waals surface area contributed by atoms with Gasteiger partial charge in [0.15, 0.2) is 0 Å². The van der Waals surface area contributed by atoms with Crippen LogP contribution in [-0.4, -0.2) is 9.97 Å². The molecule has 0 radical (unpaired) electrons. The third-order valence-electron chi connectivity index (χ3n) is 2.71. The summed E-state index contributed by atoms with van der Waals surface area (Å²) in [5.74, 6) is 0. The van der Waals surface area contributed by atoms with Gasteiger partial charge in [0.2, 0.25) is 0 Å². The SMILES string of the molecule is N#Cc1cc2ccccc2nc1Sc1ccc(Cl)cn1. The van der Waals surface area contributed by atoms with Gasteiger partial charge in [0, 0.05) is 11.6 Å². The Balaban J connectivity index is 2.06. The summed E-state index contributed by atoms with van der Waals surface area (Å²) in [4.78, 5) is 8.74. The van der Waals surface area contributed by atoms with Crippen LogP contribution in [0.5, 0.6) is 0 Å². The van der Waals surface area contributed by atoms with E-state index < -0.39 is 0 Å². The molecule has 0 unspecified atom stereocenters. The first-order valence-corrected chi connectivity index (χ1v) is 7.05. The number of nitrogens with zero attached hydrogens (tertiary/aromatic N) is 3. The topological polar surface area (TPSA) is 49.6 Å². The summed E-state index contributed by atoms with van der Waals surface area (Å²) in [6.07, 6.45) is 1.58. The van der Waals surface area contributed by atoms with Crippen molar-refractivity contribution >= 4 is 34.3 Å². The minimum absolute atomic E-state index is 0.547. The molecule has 3 rings (SSSR count). The van der Waals surface area contributed by atoms with Crippen LogP contribution in [0.2, 0.25) is 5.02 Å². The first-order chi connectivity index (χ1) is 9.76. The number of benzene rings is 1. The number of hydrogen-bond acceptors (Lipinski definition) is 4. The molecule has 0 N–H and O–H groups in total. The summed E-state index contributed by atoms with van der Waals surface area (Å²) >= 11 is 7.17. The monoisotopic (exact) mass is 297 g/mol. The summed E-state index contributed by atoms with van der Waals surface area (Å²) in [5, 5.41) is 12.2. The Kier molecular flexibility index (Phi) is 3.55. The Labute approximate surface area is 125 Å². The van der Waals surface area contributed by atoms with Crippen LogP contribution in [0.1, 0.15) is 5.56 Å². The largest absolute Gasteiger partial charge is 0.248 e. The van der Waals surface area contributed by atoms with Crippen molar-refractivity contribution in [1.29, 1.82) is 5.26 Å². The van der Waals surface area contributed by atoms with Gasteiger partial charge < -0.3 is 0 Å². The van der Waals surface area contributed by atoms with E-state index in [4.69, 9.17) is 11.6 Å². The van der Waals surface area contributed by atoms with Crippen LogP contribution < -0.4 is 0 Å². The van der Waals surface area contributed by atoms with Crippen LogP contribution in [0.3, 0.4) is 0 Å². The predicted octanol–water partition coefficient (Wildman–Crippen LogP) is 4.31. The fraction of sp³-hybridized carbons (Fsp3) is 0. The minimum atomic E-state index is 0.547. The second kappa shape index (κ2) is 5.49. The van der Waals surface area contributed by atoms with Gasteiger partial charge in [-0.25, -0.2) is 9.97 Å². The number of hydrogen-bond donors (Lipinski definition) is 0. The van der Waals surface area contributed by atoms with Crippen molar-refractivity contribution in [3.05, 3.63) is 59.2 Å². The highest BCUT2D eigenvalue weighted by atomic mass is 35.5. The summed E-state index contributed by atoms with van der Waals surface area (Å²) in [6.45, 7) is 0. The molecule has 0 amide bonds. The van der Waals surface area contributed by atoms with Gasteiger partial charge in [-0.05, 0) is 36.0 Å². The predicted molar refractivity (Wildman–Crippen MR) is 79.8 cm³/mol. The molecule has 0 aliphatic heterocycles. The van der Waals surface area contributed by atoms with E-state index in [0.29, 0.717) is 15.6 Å². The molecule has 2 aromatic heterocycles. The van der Waals surface area contributed by atoms with E-state index in [1.54, 1.807) is 12.3 Å². The number of halogens is 1. The van der Waals surface area contributed by atoms with Gasteiger partial charge in [-0.15, -0.1) is 0 Å². The van der Waals surface area contributed by atoms with E-state index in [9.17, 15) is 5.26 Å². The normalized spacial score (nSPS) is 10.4. The van der Waals surface area contributed by atoms with Crippen molar-refractivity contribution in [2.75, 3.05) is 0 Å². The zero-order valence-electron chi connectivity index (χ0n) is 10.2. The van der Waals surface area contributed by atoms with Gasteiger partial charge in [-0.3, -0.25) is 0 Å². The number of rotatable bonds is 2. The molecule has 96 valence electrons. The number of nitriles is 1. The third-order valence-corrected chi connectivity index (χ3v) is 3.89. The lowest BCUT2D eigenvalue weighted by Gasteiger charge is -2.05. The third kappa shape index (κ3) is 2.60. The lowest BCUT2D eigenvalue weighted by Crippen LogP contribution is -1.89. The number of fused-ring (bicyclic) bond motifs is 1. The van der Waals surface area contributed by atoms with Crippen molar-refractivity contribution in [3.8, 4) is 6.07 Å². The van der Waals surface area contributed by atoms with E-state index in [2.05, 4.69) is 16.0 Å². The standard InChI is InChI=1S/C15H8ClN3S/c16-12-5-6-14(18-9-12)20-15-11(8-17)7-10-3-1-2-4-13(10)19-15/h1-7,9H. The zero-order valence-corrected chi connectivity index (χ0v) is 11.8. The van der Waals surface area contributed by atoms with Crippen LogP contribution in [-0.2, 0) is 0 Å². The molecular formula is C15H8ClN3S. The molecule has 0 atom stereocenters. The second-order valence-electron chi connectivity index (χ2n) is 4.06. The van der Waals surface area contributed by atoms with Crippen LogP contribution in [0.15, 0.2) is 58.7 Å². The average molecular weight is 298 g/mol. The van der Waals surface area contributed by atoms with E-state index >= 15 is 0 Å². The van der Waals surface area contributed by atoms with E-state index in [-0.39, 0.29) is 0 Å². The van der Waals surface area contributed by atoms with Crippen LogP contribution in [0.4, 0.5) is 0 Å². The minimum Gasteiger partial charge on any atom is -0.248 e.